The van der Waals surface area contributed by atoms with Gasteiger partial charge in [0.15, 0.2) is 0 Å². The van der Waals surface area contributed by atoms with Crippen molar-refractivity contribution in [1.82, 2.24) is 20.1 Å². The molecule has 0 amide bonds. The summed E-state index contributed by atoms with van der Waals surface area (Å²) >= 11 is 6.35. The number of anilines is 3. The van der Waals surface area contributed by atoms with Crippen molar-refractivity contribution in [3.8, 4) is 0 Å². The summed E-state index contributed by atoms with van der Waals surface area (Å²) in [6, 6.07) is 6.27. The molecule has 3 N–H and O–H groups in total. The number of hydrogen-bond donors (Lipinski definition) is 2. The van der Waals surface area contributed by atoms with Crippen LogP contribution in [0, 0.1) is 0 Å². The third-order valence-electron chi connectivity index (χ3n) is 4.06. The number of nitrogens with two attached hydrogens (primary N) is 1. The Bertz CT molecular complexity index is 662. The van der Waals surface area contributed by atoms with Crippen LogP contribution in [0.4, 0.5) is 17.6 Å². The first-order chi connectivity index (χ1) is 11.0. The molecule has 0 unspecified atom stereocenters. The molecule has 7 nitrogen and oxygen atoms in total. The number of halogens is 1. The summed E-state index contributed by atoms with van der Waals surface area (Å²) in [4.78, 5) is 10.8. The van der Waals surface area contributed by atoms with Gasteiger partial charge in [0.05, 0.1) is 10.7 Å². The molecule has 124 valence electrons. The van der Waals surface area contributed by atoms with Crippen molar-refractivity contribution in [2.24, 2.45) is 0 Å². The van der Waals surface area contributed by atoms with Gasteiger partial charge in [-0.15, -0.1) is 5.10 Å². The molecule has 2 heterocycles. The average molecular weight is 336 g/mol. The zero-order chi connectivity index (χ0) is 16.4. The number of piperazine rings is 1. The molecule has 1 aromatic carbocycles. The van der Waals surface area contributed by atoms with Gasteiger partial charge in [0.1, 0.15) is 0 Å². The topological polar surface area (TPSA) is 77.3 Å². The molecule has 2 aromatic rings. The first-order valence-corrected chi connectivity index (χ1v) is 8.01. The summed E-state index contributed by atoms with van der Waals surface area (Å²) in [7, 11) is 3.99. The highest BCUT2D eigenvalue weighted by Crippen LogP contribution is 2.26. The van der Waals surface area contributed by atoms with Gasteiger partial charge in [-0.1, -0.05) is 17.7 Å². The number of aromatic amines is 1. The van der Waals surface area contributed by atoms with E-state index < -0.39 is 0 Å². The number of aromatic nitrogens is 3. The number of benzene rings is 1. The Balaban J connectivity index is 1.57. The zero-order valence-corrected chi connectivity index (χ0v) is 14.2. The van der Waals surface area contributed by atoms with E-state index in [0.717, 1.165) is 49.4 Å². The highest BCUT2D eigenvalue weighted by molar-refractivity contribution is 6.33. The van der Waals surface area contributed by atoms with Gasteiger partial charge >= 0.3 is 0 Å². The largest absolute Gasteiger partial charge is 0.376 e. The van der Waals surface area contributed by atoms with Gasteiger partial charge in [-0.2, -0.15) is 4.98 Å². The third-order valence-corrected chi connectivity index (χ3v) is 4.37. The van der Waals surface area contributed by atoms with Gasteiger partial charge in [-0.05, 0) is 17.7 Å². The van der Waals surface area contributed by atoms with Gasteiger partial charge in [0.2, 0.25) is 11.9 Å². The summed E-state index contributed by atoms with van der Waals surface area (Å²) < 4.78 is 0. The maximum absolute atomic E-state index is 6.35. The van der Waals surface area contributed by atoms with Gasteiger partial charge < -0.3 is 15.5 Å². The second-order valence-corrected chi connectivity index (χ2v) is 6.37. The number of nitrogens with one attached hydrogen (secondary N) is 1. The van der Waals surface area contributed by atoms with Crippen LogP contribution >= 0.6 is 11.6 Å². The standard InChI is InChI=1S/C15H22ClN7/c1-21(2)13-4-3-11(9-12(13)16)10-22-5-7-23(8-6-22)15-18-14(17)19-20-15/h3-4,9H,5-8,10H2,1-2H3,(H3,17,18,19,20). The van der Waals surface area contributed by atoms with Crippen LogP contribution in [0.15, 0.2) is 18.2 Å². The molecular weight excluding hydrogens is 314 g/mol. The van der Waals surface area contributed by atoms with Crippen molar-refractivity contribution in [2.45, 2.75) is 6.54 Å². The predicted molar refractivity (Wildman–Crippen MR) is 94.1 cm³/mol. The Kier molecular flexibility index (Phi) is 4.58. The van der Waals surface area contributed by atoms with Gasteiger partial charge in [-0.25, -0.2) is 5.10 Å². The molecular formula is C15H22ClN7. The smallest absolute Gasteiger partial charge is 0.241 e. The van der Waals surface area contributed by atoms with Crippen molar-refractivity contribution in [1.29, 1.82) is 0 Å². The van der Waals surface area contributed by atoms with Crippen LogP contribution in [-0.4, -0.2) is 60.4 Å². The van der Waals surface area contributed by atoms with Gasteiger partial charge in [0.25, 0.3) is 0 Å². The Hall–Kier alpha value is -1.99. The fourth-order valence-corrected chi connectivity index (χ4v) is 3.17. The van der Waals surface area contributed by atoms with Crippen LogP contribution in [-0.2, 0) is 6.54 Å². The van der Waals surface area contributed by atoms with E-state index in [0.29, 0.717) is 0 Å². The Morgan fingerprint density at radius 1 is 1.26 bits per heavy atom. The van der Waals surface area contributed by atoms with Crippen molar-refractivity contribution < 1.29 is 0 Å². The lowest BCUT2D eigenvalue weighted by Crippen LogP contribution is -2.46. The van der Waals surface area contributed by atoms with Crippen molar-refractivity contribution in [3.63, 3.8) is 0 Å². The molecule has 0 atom stereocenters. The van der Waals surface area contributed by atoms with E-state index in [1.54, 1.807) is 0 Å². The number of nitrogens with zero attached hydrogens (tertiary/aromatic N) is 5. The molecule has 3 rings (SSSR count). The number of nitrogen functional groups attached to an aromatic ring is 1. The fraction of sp³-hybridized carbons (Fsp3) is 0.467. The Morgan fingerprint density at radius 3 is 2.57 bits per heavy atom. The van der Waals surface area contributed by atoms with E-state index in [9.17, 15) is 0 Å². The lowest BCUT2D eigenvalue weighted by molar-refractivity contribution is 0.249. The molecule has 1 fully saturated rings. The Labute approximate surface area is 141 Å². The average Bonchev–Trinajstić information content (AvgIpc) is 2.94. The molecule has 1 aliphatic rings. The minimum Gasteiger partial charge on any atom is -0.376 e. The van der Waals surface area contributed by atoms with E-state index in [4.69, 9.17) is 17.3 Å². The number of hydrogen-bond acceptors (Lipinski definition) is 6. The van der Waals surface area contributed by atoms with Crippen LogP contribution in [0.2, 0.25) is 5.02 Å². The predicted octanol–water partition coefficient (Wildman–Crippen LogP) is 1.43. The van der Waals surface area contributed by atoms with Crippen molar-refractivity contribution in [3.05, 3.63) is 28.8 Å². The van der Waals surface area contributed by atoms with E-state index >= 15 is 0 Å². The molecule has 0 saturated carbocycles. The summed E-state index contributed by atoms with van der Waals surface area (Å²) in [6.45, 7) is 4.64. The van der Waals surface area contributed by atoms with E-state index in [1.165, 1.54) is 5.56 Å². The molecule has 1 saturated heterocycles. The molecule has 0 radical (unpaired) electrons. The second kappa shape index (κ2) is 6.64. The van der Waals surface area contributed by atoms with Crippen LogP contribution in [0.5, 0.6) is 0 Å². The third kappa shape index (κ3) is 3.68. The minimum absolute atomic E-state index is 0.290. The quantitative estimate of drug-likeness (QED) is 0.880. The minimum atomic E-state index is 0.290. The first kappa shape index (κ1) is 15.9. The maximum Gasteiger partial charge on any atom is 0.241 e. The molecule has 0 bridgehead atoms. The molecule has 0 spiro atoms. The van der Waals surface area contributed by atoms with Crippen LogP contribution in [0.1, 0.15) is 5.56 Å². The van der Waals surface area contributed by atoms with E-state index in [-0.39, 0.29) is 5.95 Å². The molecule has 1 aromatic heterocycles. The normalized spacial score (nSPS) is 15.9. The van der Waals surface area contributed by atoms with Crippen molar-refractivity contribution >= 4 is 29.2 Å². The van der Waals surface area contributed by atoms with E-state index in [2.05, 4.69) is 43.2 Å². The number of H-pyrrole nitrogens is 1. The highest BCUT2D eigenvalue weighted by Gasteiger charge is 2.19. The second-order valence-electron chi connectivity index (χ2n) is 5.96. The molecule has 8 heteroatoms. The SMILES string of the molecule is CN(C)c1ccc(CN2CCN(c3nc(N)n[nH]3)CC2)cc1Cl. The maximum atomic E-state index is 6.35. The summed E-state index contributed by atoms with van der Waals surface area (Å²) in [6.07, 6.45) is 0. The van der Waals surface area contributed by atoms with Crippen molar-refractivity contribution in [2.75, 3.05) is 55.8 Å². The Morgan fingerprint density at radius 2 is 2.00 bits per heavy atom. The lowest BCUT2D eigenvalue weighted by atomic mass is 10.1. The first-order valence-electron chi connectivity index (χ1n) is 7.64. The highest BCUT2D eigenvalue weighted by atomic mass is 35.5. The van der Waals surface area contributed by atoms with Crippen LogP contribution < -0.4 is 15.5 Å². The van der Waals surface area contributed by atoms with E-state index in [1.807, 2.05) is 19.0 Å². The number of rotatable bonds is 4. The zero-order valence-electron chi connectivity index (χ0n) is 13.5. The molecule has 23 heavy (non-hydrogen) atoms. The van der Waals surface area contributed by atoms with Crippen LogP contribution in [0.25, 0.3) is 0 Å². The van der Waals surface area contributed by atoms with Gasteiger partial charge in [0, 0.05) is 46.8 Å². The summed E-state index contributed by atoms with van der Waals surface area (Å²) in [5, 5.41) is 7.54. The van der Waals surface area contributed by atoms with Gasteiger partial charge in [-0.3, -0.25) is 4.90 Å². The van der Waals surface area contributed by atoms with Crippen LogP contribution in [0.3, 0.4) is 0 Å². The lowest BCUT2D eigenvalue weighted by Gasteiger charge is -2.34. The molecule has 1 aliphatic heterocycles. The molecule has 0 aliphatic carbocycles. The summed E-state index contributed by atoms with van der Waals surface area (Å²) in [5.74, 6) is 1.04. The summed E-state index contributed by atoms with van der Waals surface area (Å²) in [5.41, 5.74) is 7.83. The monoisotopic (exact) mass is 335 g/mol. The fourth-order valence-electron chi connectivity index (χ4n) is 2.79.